The van der Waals surface area contributed by atoms with Crippen LogP contribution in [0.25, 0.3) is 0 Å². The Bertz CT molecular complexity index is 210. The van der Waals surface area contributed by atoms with E-state index in [-0.39, 0.29) is 5.97 Å². The van der Waals surface area contributed by atoms with E-state index in [2.05, 4.69) is 0 Å². The van der Waals surface area contributed by atoms with Crippen LogP contribution in [0.3, 0.4) is 0 Å². The zero-order chi connectivity index (χ0) is 11.3. The molecule has 88 valence electrons. The van der Waals surface area contributed by atoms with Crippen LogP contribution in [0.15, 0.2) is 0 Å². The summed E-state index contributed by atoms with van der Waals surface area (Å²) >= 11 is 0. The van der Waals surface area contributed by atoms with E-state index in [0.717, 1.165) is 26.1 Å². The summed E-state index contributed by atoms with van der Waals surface area (Å²) < 4.78 is 10.4. The molecular formula is C11H21NO3. The van der Waals surface area contributed by atoms with Crippen LogP contribution < -0.4 is 5.73 Å². The highest BCUT2D eigenvalue weighted by Crippen LogP contribution is 2.16. The van der Waals surface area contributed by atoms with Gasteiger partial charge in [0.1, 0.15) is 5.54 Å². The zero-order valence-electron chi connectivity index (χ0n) is 9.62. The first-order chi connectivity index (χ1) is 7.06. The number of hydrogen-bond donors (Lipinski definition) is 1. The van der Waals surface area contributed by atoms with Crippen LogP contribution in [0.2, 0.25) is 0 Å². The van der Waals surface area contributed by atoms with Crippen molar-refractivity contribution in [2.45, 2.75) is 38.6 Å². The Kier molecular flexibility index (Phi) is 4.54. The second-order valence-electron chi connectivity index (χ2n) is 4.43. The SMILES string of the molecule is CCC(C)(N)C(=O)OCC1CCOCC1. The first kappa shape index (κ1) is 12.5. The summed E-state index contributed by atoms with van der Waals surface area (Å²) in [6, 6.07) is 0. The van der Waals surface area contributed by atoms with E-state index in [4.69, 9.17) is 15.2 Å². The Morgan fingerprint density at radius 3 is 2.67 bits per heavy atom. The van der Waals surface area contributed by atoms with Crippen molar-refractivity contribution in [3.8, 4) is 0 Å². The minimum atomic E-state index is -0.842. The average molecular weight is 215 g/mol. The zero-order valence-corrected chi connectivity index (χ0v) is 9.62. The van der Waals surface area contributed by atoms with Gasteiger partial charge in [0, 0.05) is 13.2 Å². The molecule has 0 aliphatic carbocycles. The molecule has 0 bridgehead atoms. The van der Waals surface area contributed by atoms with E-state index >= 15 is 0 Å². The second-order valence-corrected chi connectivity index (χ2v) is 4.43. The van der Waals surface area contributed by atoms with Gasteiger partial charge in [0.05, 0.1) is 6.61 Å². The molecule has 1 unspecified atom stereocenters. The van der Waals surface area contributed by atoms with E-state index in [1.54, 1.807) is 6.92 Å². The first-order valence-corrected chi connectivity index (χ1v) is 5.60. The van der Waals surface area contributed by atoms with Gasteiger partial charge < -0.3 is 15.2 Å². The molecule has 1 atom stereocenters. The monoisotopic (exact) mass is 215 g/mol. The van der Waals surface area contributed by atoms with Crippen LogP contribution in [0.1, 0.15) is 33.1 Å². The fourth-order valence-corrected chi connectivity index (χ4v) is 1.42. The van der Waals surface area contributed by atoms with Crippen molar-refractivity contribution in [3.63, 3.8) is 0 Å². The summed E-state index contributed by atoms with van der Waals surface area (Å²) in [6.07, 6.45) is 2.54. The number of ether oxygens (including phenoxy) is 2. The molecule has 2 N–H and O–H groups in total. The maximum absolute atomic E-state index is 11.6. The van der Waals surface area contributed by atoms with E-state index < -0.39 is 5.54 Å². The summed E-state index contributed by atoms with van der Waals surface area (Å²) in [7, 11) is 0. The molecule has 1 aliphatic heterocycles. The molecule has 0 spiro atoms. The Balaban J connectivity index is 2.26. The molecule has 1 saturated heterocycles. The third kappa shape index (κ3) is 3.80. The van der Waals surface area contributed by atoms with Crippen LogP contribution in [0.5, 0.6) is 0 Å². The predicted molar refractivity (Wildman–Crippen MR) is 57.4 cm³/mol. The van der Waals surface area contributed by atoms with Crippen molar-refractivity contribution in [2.24, 2.45) is 11.7 Å². The Hall–Kier alpha value is -0.610. The molecular weight excluding hydrogens is 194 g/mol. The summed E-state index contributed by atoms with van der Waals surface area (Å²) in [5, 5.41) is 0. The van der Waals surface area contributed by atoms with Gasteiger partial charge in [0.2, 0.25) is 0 Å². The molecule has 1 aliphatic rings. The lowest BCUT2D eigenvalue weighted by Gasteiger charge is -2.25. The number of carbonyl (C=O) groups is 1. The van der Waals surface area contributed by atoms with Crippen LogP contribution in [0.4, 0.5) is 0 Å². The lowest BCUT2D eigenvalue weighted by atomic mass is 10.00. The lowest BCUT2D eigenvalue weighted by molar-refractivity contribution is -0.152. The van der Waals surface area contributed by atoms with Crippen LogP contribution in [-0.2, 0) is 14.3 Å². The standard InChI is InChI=1S/C11H21NO3/c1-3-11(2,12)10(13)15-8-9-4-6-14-7-5-9/h9H,3-8,12H2,1-2H3. The van der Waals surface area contributed by atoms with Crippen LogP contribution in [-0.4, -0.2) is 31.3 Å². The van der Waals surface area contributed by atoms with Gasteiger partial charge in [-0.25, -0.2) is 0 Å². The number of esters is 1. The number of rotatable bonds is 4. The van der Waals surface area contributed by atoms with Crippen molar-refractivity contribution in [1.82, 2.24) is 0 Å². The molecule has 1 rings (SSSR count). The fourth-order valence-electron chi connectivity index (χ4n) is 1.42. The molecule has 1 fully saturated rings. The van der Waals surface area contributed by atoms with E-state index in [1.165, 1.54) is 0 Å². The fraction of sp³-hybridized carbons (Fsp3) is 0.909. The van der Waals surface area contributed by atoms with Gasteiger partial charge in [0.25, 0.3) is 0 Å². The molecule has 0 saturated carbocycles. The third-order valence-corrected chi connectivity index (χ3v) is 2.99. The van der Waals surface area contributed by atoms with Gasteiger partial charge in [-0.1, -0.05) is 6.92 Å². The predicted octanol–water partition coefficient (Wildman–Crippen LogP) is 1.08. The number of hydrogen-bond acceptors (Lipinski definition) is 4. The summed E-state index contributed by atoms with van der Waals surface area (Å²) in [5.41, 5.74) is 4.93. The maximum Gasteiger partial charge on any atom is 0.325 e. The molecule has 4 nitrogen and oxygen atoms in total. The Morgan fingerprint density at radius 2 is 2.13 bits per heavy atom. The maximum atomic E-state index is 11.6. The third-order valence-electron chi connectivity index (χ3n) is 2.99. The van der Waals surface area contributed by atoms with Crippen molar-refractivity contribution in [2.75, 3.05) is 19.8 Å². The smallest absolute Gasteiger partial charge is 0.325 e. The molecule has 4 heteroatoms. The quantitative estimate of drug-likeness (QED) is 0.713. The Morgan fingerprint density at radius 1 is 1.53 bits per heavy atom. The van der Waals surface area contributed by atoms with Crippen molar-refractivity contribution >= 4 is 5.97 Å². The minimum Gasteiger partial charge on any atom is -0.464 e. The van der Waals surface area contributed by atoms with Crippen molar-refractivity contribution in [1.29, 1.82) is 0 Å². The van der Waals surface area contributed by atoms with Gasteiger partial charge in [-0.3, -0.25) is 4.79 Å². The van der Waals surface area contributed by atoms with Gasteiger partial charge in [-0.15, -0.1) is 0 Å². The highest BCUT2D eigenvalue weighted by Gasteiger charge is 2.28. The van der Waals surface area contributed by atoms with E-state index in [0.29, 0.717) is 18.9 Å². The largest absolute Gasteiger partial charge is 0.464 e. The normalized spacial score (nSPS) is 22.1. The second kappa shape index (κ2) is 5.47. The summed E-state index contributed by atoms with van der Waals surface area (Å²) in [5.74, 6) is 0.145. The summed E-state index contributed by atoms with van der Waals surface area (Å²) in [6.45, 7) is 5.62. The van der Waals surface area contributed by atoms with Gasteiger partial charge in [-0.05, 0) is 32.1 Å². The average Bonchev–Trinajstić information content (AvgIpc) is 2.27. The molecule has 1 heterocycles. The topological polar surface area (TPSA) is 61.6 Å². The highest BCUT2D eigenvalue weighted by atomic mass is 16.5. The molecule has 15 heavy (non-hydrogen) atoms. The molecule has 0 aromatic heterocycles. The first-order valence-electron chi connectivity index (χ1n) is 5.60. The van der Waals surface area contributed by atoms with Crippen LogP contribution in [0, 0.1) is 5.92 Å². The minimum absolute atomic E-state index is 0.295. The molecule has 0 aromatic carbocycles. The van der Waals surface area contributed by atoms with Gasteiger partial charge in [0.15, 0.2) is 0 Å². The van der Waals surface area contributed by atoms with Gasteiger partial charge >= 0.3 is 5.97 Å². The van der Waals surface area contributed by atoms with Crippen molar-refractivity contribution < 1.29 is 14.3 Å². The summed E-state index contributed by atoms with van der Waals surface area (Å²) in [4.78, 5) is 11.6. The number of carbonyl (C=O) groups excluding carboxylic acids is 1. The molecule has 0 radical (unpaired) electrons. The van der Waals surface area contributed by atoms with E-state index in [9.17, 15) is 4.79 Å². The Labute approximate surface area is 91.1 Å². The van der Waals surface area contributed by atoms with Crippen molar-refractivity contribution in [3.05, 3.63) is 0 Å². The highest BCUT2D eigenvalue weighted by molar-refractivity contribution is 5.79. The van der Waals surface area contributed by atoms with Gasteiger partial charge in [-0.2, -0.15) is 0 Å². The molecule has 0 aromatic rings. The molecule has 0 amide bonds. The lowest BCUT2D eigenvalue weighted by Crippen LogP contribution is -2.46. The van der Waals surface area contributed by atoms with E-state index in [1.807, 2.05) is 6.92 Å². The van der Waals surface area contributed by atoms with Crippen LogP contribution >= 0.6 is 0 Å². The number of nitrogens with two attached hydrogens (primary N) is 1.